The molecule has 5 rings (SSSR count). The third kappa shape index (κ3) is 2.74. The number of pyridine rings is 3. The molecule has 4 heterocycles. The van der Waals surface area contributed by atoms with Crippen molar-refractivity contribution in [2.45, 2.75) is 26.2 Å². The molecule has 132 valence electrons. The molecule has 1 aliphatic rings. The number of nitrogens with zero attached hydrogens (tertiary/aromatic N) is 3. The van der Waals surface area contributed by atoms with Gasteiger partial charge in [0.15, 0.2) is 0 Å². The number of aromatic amines is 1. The molecule has 0 bridgehead atoms. The van der Waals surface area contributed by atoms with Crippen LogP contribution >= 0.6 is 0 Å². The third-order valence-corrected chi connectivity index (χ3v) is 5.09. The van der Waals surface area contributed by atoms with Crippen molar-refractivity contribution in [1.29, 1.82) is 0 Å². The fourth-order valence-electron chi connectivity index (χ4n) is 3.67. The molecule has 4 nitrogen and oxygen atoms in total. The van der Waals surface area contributed by atoms with Crippen molar-refractivity contribution < 1.29 is 0 Å². The molecule has 0 atom stereocenters. The third-order valence-electron chi connectivity index (χ3n) is 5.09. The Morgan fingerprint density at radius 1 is 1.00 bits per heavy atom. The van der Waals surface area contributed by atoms with Crippen LogP contribution in [0.1, 0.15) is 36.7 Å². The Labute approximate surface area is 158 Å². The molecule has 27 heavy (non-hydrogen) atoms. The standard InChI is InChI=1S/C23H20N4/c1-14(2)22-19(17-10-15-4-3-5-20(15)25-12-17)6-7-21(27-22)18-11-16-8-9-24-23(16)26-13-18/h3-4,6-14H,5H2,1-2H3,(H,24,26). The highest BCUT2D eigenvalue weighted by Crippen LogP contribution is 2.32. The largest absolute Gasteiger partial charge is 0.346 e. The van der Waals surface area contributed by atoms with E-state index in [2.05, 4.69) is 65.2 Å². The van der Waals surface area contributed by atoms with E-state index in [0.717, 1.165) is 51.2 Å². The molecular formula is C23H20N4. The first kappa shape index (κ1) is 15.9. The van der Waals surface area contributed by atoms with Crippen LogP contribution in [0.15, 0.2) is 55.0 Å². The van der Waals surface area contributed by atoms with E-state index in [9.17, 15) is 0 Å². The number of allylic oxidation sites excluding steroid dienone is 1. The Kier molecular flexibility index (Phi) is 3.64. The summed E-state index contributed by atoms with van der Waals surface area (Å²) in [7, 11) is 0. The molecule has 4 aromatic rings. The first-order chi connectivity index (χ1) is 13.2. The average molecular weight is 352 g/mol. The number of H-pyrrole nitrogens is 1. The molecule has 0 radical (unpaired) electrons. The number of aromatic nitrogens is 4. The molecular weight excluding hydrogens is 332 g/mol. The highest BCUT2D eigenvalue weighted by atomic mass is 14.8. The summed E-state index contributed by atoms with van der Waals surface area (Å²) in [4.78, 5) is 17.3. The van der Waals surface area contributed by atoms with E-state index in [0.29, 0.717) is 5.92 Å². The van der Waals surface area contributed by atoms with E-state index in [1.807, 2.05) is 24.7 Å². The Hall–Kier alpha value is -3.27. The topological polar surface area (TPSA) is 54.5 Å². The van der Waals surface area contributed by atoms with Crippen molar-refractivity contribution >= 4 is 17.1 Å². The Bertz CT molecular complexity index is 1180. The van der Waals surface area contributed by atoms with Crippen LogP contribution in [0.25, 0.3) is 39.5 Å². The molecule has 0 fully saturated rings. The van der Waals surface area contributed by atoms with Crippen LogP contribution in [0.5, 0.6) is 0 Å². The average Bonchev–Trinajstić information content (AvgIpc) is 3.35. The van der Waals surface area contributed by atoms with Gasteiger partial charge in [0.05, 0.1) is 17.1 Å². The lowest BCUT2D eigenvalue weighted by Crippen LogP contribution is -2.00. The fourth-order valence-corrected chi connectivity index (χ4v) is 3.67. The highest BCUT2D eigenvalue weighted by molar-refractivity contribution is 5.81. The Morgan fingerprint density at radius 2 is 1.89 bits per heavy atom. The van der Waals surface area contributed by atoms with E-state index in [1.54, 1.807) is 0 Å². The van der Waals surface area contributed by atoms with Gasteiger partial charge in [0.1, 0.15) is 5.65 Å². The molecule has 4 heteroatoms. The summed E-state index contributed by atoms with van der Waals surface area (Å²) in [5.41, 5.74) is 8.62. The number of fused-ring (bicyclic) bond motifs is 2. The summed E-state index contributed by atoms with van der Waals surface area (Å²) in [6.07, 6.45) is 11.0. The number of hydrogen-bond acceptors (Lipinski definition) is 3. The van der Waals surface area contributed by atoms with E-state index in [-0.39, 0.29) is 0 Å². The summed E-state index contributed by atoms with van der Waals surface area (Å²) in [6, 6.07) is 10.6. The van der Waals surface area contributed by atoms with Crippen LogP contribution < -0.4 is 0 Å². The second-order valence-corrected chi connectivity index (χ2v) is 7.29. The number of hydrogen-bond donors (Lipinski definition) is 1. The predicted molar refractivity (Wildman–Crippen MR) is 109 cm³/mol. The molecule has 1 aliphatic carbocycles. The maximum Gasteiger partial charge on any atom is 0.137 e. The van der Waals surface area contributed by atoms with Crippen molar-refractivity contribution in [3.05, 3.63) is 71.9 Å². The monoisotopic (exact) mass is 352 g/mol. The zero-order chi connectivity index (χ0) is 18.4. The van der Waals surface area contributed by atoms with E-state index < -0.39 is 0 Å². The van der Waals surface area contributed by atoms with Gasteiger partial charge in [-0.3, -0.25) is 9.97 Å². The maximum absolute atomic E-state index is 5.01. The lowest BCUT2D eigenvalue weighted by atomic mass is 9.96. The summed E-state index contributed by atoms with van der Waals surface area (Å²) in [6.45, 7) is 4.37. The highest BCUT2D eigenvalue weighted by Gasteiger charge is 2.15. The van der Waals surface area contributed by atoms with Gasteiger partial charge in [-0.1, -0.05) is 32.1 Å². The van der Waals surface area contributed by atoms with Crippen molar-refractivity contribution in [2.75, 3.05) is 0 Å². The van der Waals surface area contributed by atoms with Crippen molar-refractivity contribution in [2.24, 2.45) is 0 Å². The van der Waals surface area contributed by atoms with Crippen LogP contribution in [0.3, 0.4) is 0 Å². The van der Waals surface area contributed by atoms with E-state index >= 15 is 0 Å². The van der Waals surface area contributed by atoms with Gasteiger partial charge in [0, 0.05) is 47.1 Å². The predicted octanol–water partition coefficient (Wildman–Crippen LogP) is 5.38. The van der Waals surface area contributed by atoms with Gasteiger partial charge in [0.2, 0.25) is 0 Å². The lowest BCUT2D eigenvalue weighted by Gasteiger charge is -2.14. The Balaban J connectivity index is 1.62. The van der Waals surface area contributed by atoms with Gasteiger partial charge in [-0.2, -0.15) is 0 Å². The van der Waals surface area contributed by atoms with Crippen molar-refractivity contribution in [3.63, 3.8) is 0 Å². The lowest BCUT2D eigenvalue weighted by molar-refractivity contribution is 0.827. The molecule has 0 saturated heterocycles. The second-order valence-electron chi connectivity index (χ2n) is 7.29. The molecule has 0 unspecified atom stereocenters. The smallest absolute Gasteiger partial charge is 0.137 e. The van der Waals surface area contributed by atoms with Crippen molar-refractivity contribution in [3.8, 4) is 22.4 Å². The summed E-state index contributed by atoms with van der Waals surface area (Å²) in [5, 5.41) is 1.10. The number of nitrogens with one attached hydrogen (secondary N) is 1. The minimum atomic E-state index is 0.313. The van der Waals surface area contributed by atoms with E-state index in [1.165, 1.54) is 5.56 Å². The molecule has 1 N–H and O–H groups in total. The van der Waals surface area contributed by atoms with Gasteiger partial charge >= 0.3 is 0 Å². The van der Waals surface area contributed by atoms with Gasteiger partial charge in [-0.05, 0) is 35.7 Å². The molecule has 0 spiro atoms. The molecule has 0 aliphatic heterocycles. The summed E-state index contributed by atoms with van der Waals surface area (Å²) in [5.74, 6) is 0.313. The minimum absolute atomic E-state index is 0.313. The summed E-state index contributed by atoms with van der Waals surface area (Å²) < 4.78 is 0. The van der Waals surface area contributed by atoms with Crippen LogP contribution in [0, 0.1) is 0 Å². The van der Waals surface area contributed by atoms with Gasteiger partial charge in [-0.25, -0.2) is 4.98 Å². The van der Waals surface area contributed by atoms with E-state index in [4.69, 9.17) is 4.98 Å². The second kappa shape index (κ2) is 6.16. The van der Waals surface area contributed by atoms with Gasteiger partial charge in [-0.15, -0.1) is 0 Å². The number of rotatable bonds is 3. The SMILES string of the molecule is CC(C)c1nc(-c2cnc3[nH]ccc3c2)ccc1-c1cnc2c(c1)C=CC2. The first-order valence-corrected chi connectivity index (χ1v) is 9.29. The molecule has 4 aromatic heterocycles. The fraction of sp³-hybridized carbons (Fsp3) is 0.174. The van der Waals surface area contributed by atoms with Crippen LogP contribution in [0.2, 0.25) is 0 Å². The maximum atomic E-state index is 5.01. The van der Waals surface area contributed by atoms with Crippen LogP contribution in [0.4, 0.5) is 0 Å². The Morgan fingerprint density at radius 3 is 2.78 bits per heavy atom. The van der Waals surface area contributed by atoms with Gasteiger partial charge < -0.3 is 4.98 Å². The van der Waals surface area contributed by atoms with Crippen LogP contribution in [-0.2, 0) is 6.42 Å². The molecule has 0 aromatic carbocycles. The zero-order valence-electron chi connectivity index (χ0n) is 15.4. The zero-order valence-corrected chi connectivity index (χ0v) is 15.4. The quantitative estimate of drug-likeness (QED) is 0.538. The molecule has 0 amide bonds. The first-order valence-electron chi connectivity index (χ1n) is 9.29. The van der Waals surface area contributed by atoms with Gasteiger partial charge in [0.25, 0.3) is 0 Å². The normalized spacial score (nSPS) is 12.9. The van der Waals surface area contributed by atoms with Crippen LogP contribution in [-0.4, -0.2) is 19.9 Å². The summed E-state index contributed by atoms with van der Waals surface area (Å²) >= 11 is 0. The van der Waals surface area contributed by atoms with Crippen molar-refractivity contribution in [1.82, 2.24) is 19.9 Å². The molecule has 0 saturated carbocycles. The minimum Gasteiger partial charge on any atom is -0.346 e.